The minimum atomic E-state index is 0.608. The number of ether oxygens (including phenoxy) is 1. The molecule has 1 aliphatic carbocycles. The first kappa shape index (κ1) is 12.0. The topological polar surface area (TPSA) is 34.1 Å². The van der Waals surface area contributed by atoms with Gasteiger partial charge in [0, 0.05) is 23.2 Å². The van der Waals surface area contributed by atoms with E-state index < -0.39 is 0 Å². The number of benzene rings is 1. The summed E-state index contributed by atoms with van der Waals surface area (Å²) in [6.07, 6.45) is 6.32. The zero-order valence-electron chi connectivity index (χ0n) is 11.3. The summed E-state index contributed by atoms with van der Waals surface area (Å²) in [6, 6.07) is 8.92. The van der Waals surface area contributed by atoms with Gasteiger partial charge in [0.05, 0.1) is 18.3 Å². The molecule has 1 aliphatic rings. The molecule has 0 amide bonds. The molecule has 1 saturated carbocycles. The maximum atomic E-state index is 5.42. The van der Waals surface area contributed by atoms with Crippen LogP contribution in [0.1, 0.15) is 25.3 Å². The number of anilines is 1. The molecule has 0 radical (unpaired) electrons. The smallest absolute Gasteiger partial charge is 0.121 e. The quantitative estimate of drug-likeness (QED) is 0.842. The molecule has 0 atom stereocenters. The molecule has 0 spiro atoms. The fourth-order valence-electron chi connectivity index (χ4n) is 2.29. The summed E-state index contributed by atoms with van der Waals surface area (Å²) in [5, 5.41) is 4.70. The van der Waals surface area contributed by atoms with Crippen molar-refractivity contribution < 1.29 is 4.74 Å². The van der Waals surface area contributed by atoms with Crippen molar-refractivity contribution in [3.8, 4) is 0 Å². The highest BCUT2D eigenvalue weighted by Gasteiger charge is 2.22. The molecule has 1 aromatic heterocycles. The third kappa shape index (κ3) is 2.41. The lowest BCUT2D eigenvalue weighted by Crippen LogP contribution is -2.03. The Hall–Kier alpha value is -2.03. The number of hydrogen-bond acceptors (Lipinski definition) is 3. The summed E-state index contributed by atoms with van der Waals surface area (Å²) in [5.74, 6) is 0.893. The molecule has 2 aromatic rings. The Balaban J connectivity index is 2.13. The van der Waals surface area contributed by atoms with E-state index in [4.69, 9.17) is 4.74 Å². The lowest BCUT2D eigenvalue weighted by atomic mass is 10.1. The summed E-state index contributed by atoms with van der Waals surface area (Å²) >= 11 is 0. The average molecular weight is 254 g/mol. The standard InChI is InChI=1S/C16H18N2O/c1-3-15(19-2)12-9-11-5-4-8-17-16(11)14(10-12)18-13-6-7-13/h3-5,8-10,13,18H,6-7H2,1-2H3/b15-3-. The van der Waals surface area contributed by atoms with Gasteiger partial charge in [-0.2, -0.15) is 0 Å². The van der Waals surface area contributed by atoms with Gasteiger partial charge in [-0.3, -0.25) is 4.98 Å². The molecule has 1 heterocycles. The van der Waals surface area contributed by atoms with Gasteiger partial charge >= 0.3 is 0 Å². The van der Waals surface area contributed by atoms with Gasteiger partial charge in [0.2, 0.25) is 0 Å². The van der Waals surface area contributed by atoms with E-state index in [-0.39, 0.29) is 0 Å². The molecular weight excluding hydrogens is 236 g/mol. The summed E-state index contributed by atoms with van der Waals surface area (Å²) in [6.45, 7) is 1.99. The van der Waals surface area contributed by atoms with Crippen LogP contribution < -0.4 is 5.32 Å². The maximum absolute atomic E-state index is 5.42. The van der Waals surface area contributed by atoms with E-state index in [2.05, 4.69) is 28.5 Å². The summed E-state index contributed by atoms with van der Waals surface area (Å²) in [4.78, 5) is 4.49. The monoisotopic (exact) mass is 254 g/mol. The molecule has 1 N–H and O–H groups in total. The van der Waals surface area contributed by atoms with E-state index in [9.17, 15) is 0 Å². The molecule has 0 saturated heterocycles. The molecule has 0 bridgehead atoms. The highest BCUT2D eigenvalue weighted by Crippen LogP contribution is 2.31. The van der Waals surface area contributed by atoms with E-state index >= 15 is 0 Å². The number of nitrogens with zero attached hydrogens (tertiary/aromatic N) is 1. The van der Waals surface area contributed by atoms with Crippen molar-refractivity contribution in [2.45, 2.75) is 25.8 Å². The Bertz CT molecular complexity index is 630. The van der Waals surface area contributed by atoms with Crippen LogP contribution in [0, 0.1) is 0 Å². The SMILES string of the molecule is C/C=C(\OC)c1cc(NC2CC2)c2ncccc2c1. The molecule has 3 heteroatoms. The fraction of sp³-hybridized carbons (Fsp3) is 0.312. The maximum Gasteiger partial charge on any atom is 0.121 e. The highest BCUT2D eigenvalue weighted by molar-refractivity contribution is 5.93. The van der Waals surface area contributed by atoms with Crippen molar-refractivity contribution in [1.29, 1.82) is 0 Å². The molecule has 3 nitrogen and oxygen atoms in total. The summed E-state index contributed by atoms with van der Waals surface area (Å²) < 4.78 is 5.42. The summed E-state index contributed by atoms with van der Waals surface area (Å²) in [5.41, 5.74) is 3.23. The average Bonchev–Trinajstić information content (AvgIpc) is 3.24. The number of pyridine rings is 1. The van der Waals surface area contributed by atoms with Crippen molar-refractivity contribution in [3.63, 3.8) is 0 Å². The van der Waals surface area contributed by atoms with Crippen LogP contribution >= 0.6 is 0 Å². The predicted octanol–water partition coefficient (Wildman–Crippen LogP) is 3.82. The number of fused-ring (bicyclic) bond motifs is 1. The van der Waals surface area contributed by atoms with Crippen LogP contribution in [-0.4, -0.2) is 18.1 Å². The molecule has 1 aromatic carbocycles. The number of methoxy groups -OCH3 is 1. The predicted molar refractivity (Wildman–Crippen MR) is 79.0 cm³/mol. The van der Waals surface area contributed by atoms with Crippen molar-refractivity contribution in [2.75, 3.05) is 12.4 Å². The first-order valence-corrected chi connectivity index (χ1v) is 6.68. The van der Waals surface area contributed by atoms with Crippen molar-refractivity contribution in [2.24, 2.45) is 0 Å². The van der Waals surface area contributed by atoms with E-state index in [1.165, 1.54) is 12.8 Å². The largest absolute Gasteiger partial charge is 0.496 e. The first-order valence-electron chi connectivity index (χ1n) is 6.68. The highest BCUT2D eigenvalue weighted by atomic mass is 16.5. The third-order valence-electron chi connectivity index (χ3n) is 3.41. The van der Waals surface area contributed by atoms with Gasteiger partial charge in [-0.15, -0.1) is 0 Å². The Morgan fingerprint density at radius 1 is 1.42 bits per heavy atom. The van der Waals surface area contributed by atoms with Crippen molar-refractivity contribution in [1.82, 2.24) is 4.98 Å². The van der Waals surface area contributed by atoms with Gasteiger partial charge in [-0.1, -0.05) is 6.07 Å². The molecular formula is C16H18N2O. The van der Waals surface area contributed by atoms with Crippen LogP contribution in [0.5, 0.6) is 0 Å². The molecule has 98 valence electrons. The zero-order valence-corrected chi connectivity index (χ0v) is 11.3. The number of aromatic nitrogens is 1. The Kier molecular flexibility index (Phi) is 3.11. The number of hydrogen-bond donors (Lipinski definition) is 1. The van der Waals surface area contributed by atoms with E-state index in [1.807, 2.05) is 25.3 Å². The summed E-state index contributed by atoms with van der Waals surface area (Å²) in [7, 11) is 1.71. The van der Waals surface area contributed by atoms with Crippen LogP contribution in [0.4, 0.5) is 5.69 Å². The first-order chi connectivity index (χ1) is 9.31. The molecule has 1 fully saturated rings. The van der Waals surface area contributed by atoms with Gasteiger partial charge in [-0.25, -0.2) is 0 Å². The van der Waals surface area contributed by atoms with E-state index in [1.54, 1.807) is 7.11 Å². The minimum Gasteiger partial charge on any atom is -0.496 e. The Morgan fingerprint density at radius 2 is 2.26 bits per heavy atom. The van der Waals surface area contributed by atoms with Gasteiger partial charge in [-0.05, 0) is 44.0 Å². The van der Waals surface area contributed by atoms with Gasteiger partial charge in [0.25, 0.3) is 0 Å². The lowest BCUT2D eigenvalue weighted by Gasteiger charge is -2.12. The lowest BCUT2D eigenvalue weighted by molar-refractivity contribution is 0.369. The second-order valence-corrected chi connectivity index (χ2v) is 4.87. The van der Waals surface area contributed by atoms with Crippen LogP contribution in [-0.2, 0) is 4.74 Å². The Morgan fingerprint density at radius 3 is 2.95 bits per heavy atom. The molecule has 19 heavy (non-hydrogen) atoms. The van der Waals surface area contributed by atoms with Crippen molar-refractivity contribution in [3.05, 3.63) is 42.1 Å². The van der Waals surface area contributed by atoms with Gasteiger partial charge in [0.15, 0.2) is 0 Å². The normalized spacial score (nSPS) is 15.6. The van der Waals surface area contributed by atoms with Crippen LogP contribution in [0.15, 0.2) is 36.5 Å². The van der Waals surface area contributed by atoms with E-state index in [0.717, 1.165) is 27.9 Å². The zero-order chi connectivity index (χ0) is 13.2. The molecule has 0 aliphatic heterocycles. The Labute approximate surface area is 113 Å². The van der Waals surface area contributed by atoms with Crippen LogP contribution in [0.3, 0.4) is 0 Å². The fourth-order valence-corrected chi connectivity index (χ4v) is 2.29. The molecule has 3 rings (SSSR count). The van der Waals surface area contributed by atoms with E-state index in [0.29, 0.717) is 6.04 Å². The van der Waals surface area contributed by atoms with Crippen molar-refractivity contribution >= 4 is 22.3 Å². The van der Waals surface area contributed by atoms with Crippen LogP contribution in [0.25, 0.3) is 16.7 Å². The second kappa shape index (κ2) is 4.92. The minimum absolute atomic E-state index is 0.608. The number of nitrogens with one attached hydrogen (secondary N) is 1. The third-order valence-corrected chi connectivity index (χ3v) is 3.41. The number of allylic oxidation sites excluding steroid dienone is 1. The van der Waals surface area contributed by atoms with Gasteiger partial charge in [0.1, 0.15) is 5.76 Å². The van der Waals surface area contributed by atoms with Gasteiger partial charge < -0.3 is 10.1 Å². The van der Waals surface area contributed by atoms with Crippen LogP contribution in [0.2, 0.25) is 0 Å². The number of rotatable bonds is 4. The second-order valence-electron chi connectivity index (χ2n) is 4.87. The molecule has 0 unspecified atom stereocenters.